The fourth-order valence-corrected chi connectivity index (χ4v) is 3.28. The van der Waals surface area contributed by atoms with Crippen LogP contribution < -0.4 is 4.90 Å². The molecule has 3 aromatic rings. The molecule has 1 atom stereocenters. The summed E-state index contributed by atoms with van der Waals surface area (Å²) >= 11 is 0. The molecule has 0 amide bonds. The molecule has 146 valence electrons. The van der Waals surface area contributed by atoms with Gasteiger partial charge in [0.2, 0.25) is 5.95 Å². The number of hydrogen-bond donors (Lipinski definition) is 1. The van der Waals surface area contributed by atoms with Crippen LogP contribution in [0.15, 0.2) is 30.5 Å². The van der Waals surface area contributed by atoms with Gasteiger partial charge in [-0.1, -0.05) is 0 Å². The fourth-order valence-electron chi connectivity index (χ4n) is 3.28. The molecule has 0 spiro atoms. The summed E-state index contributed by atoms with van der Waals surface area (Å²) < 4.78 is 40.3. The summed E-state index contributed by atoms with van der Waals surface area (Å²) in [5, 5.41) is 22.6. The van der Waals surface area contributed by atoms with Gasteiger partial charge in [-0.3, -0.25) is 4.68 Å². The highest BCUT2D eigenvalue weighted by molar-refractivity contribution is 5.69. The number of benzene rings is 1. The lowest BCUT2D eigenvalue weighted by atomic mass is 10.1. The first-order valence-electron chi connectivity index (χ1n) is 8.63. The third-order valence-electron chi connectivity index (χ3n) is 4.79. The molecule has 28 heavy (non-hydrogen) atoms. The Morgan fingerprint density at radius 2 is 1.96 bits per heavy atom. The molecule has 0 saturated heterocycles. The van der Waals surface area contributed by atoms with E-state index in [2.05, 4.69) is 20.3 Å². The molecule has 10 heteroatoms. The van der Waals surface area contributed by atoms with Crippen molar-refractivity contribution in [2.45, 2.75) is 39.2 Å². The molecule has 3 heterocycles. The fraction of sp³-hybridized carbons (Fsp3) is 0.333. The molecule has 0 radical (unpaired) electrons. The molecule has 1 aliphatic rings. The topological polar surface area (TPSA) is 80.0 Å². The van der Waals surface area contributed by atoms with Crippen molar-refractivity contribution in [3.8, 4) is 17.0 Å². The highest BCUT2D eigenvalue weighted by Gasteiger charge is 2.31. The highest BCUT2D eigenvalue weighted by Crippen LogP contribution is 2.36. The maximum Gasteiger partial charge on any atom is 0.416 e. The van der Waals surface area contributed by atoms with Crippen LogP contribution in [-0.2, 0) is 19.3 Å². The van der Waals surface area contributed by atoms with E-state index in [1.807, 2.05) is 22.6 Å². The Morgan fingerprint density at radius 3 is 2.64 bits per heavy atom. The zero-order chi connectivity index (χ0) is 20.1. The van der Waals surface area contributed by atoms with E-state index in [-0.39, 0.29) is 17.3 Å². The second kappa shape index (κ2) is 6.47. The van der Waals surface area contributed by atoms with Crippen molar-refractivity contribution in [3.05, 3.63) is 47.4 Å². The zero-order valence-electron chi connectivity index (χ0n) is 15.1. The van der Waals surface area contributed by atoms with Crippen LogP contribution >= 0.6 is 0 Å². The summed E-state index contributed by atoms with van der Waals surface area (Å²) in [5.74, 6) is -0.0929. The molecule has 0 fully saturated rings. The monoisotopic (exact) mass is 390 g/mol. The number of rotatable bonds is 2. The summed E-state index contributed by atoms with van der Waals surface area (Å²) in [6.07, 6.45) is -2.79. The highest BCUT2D eigenvalue weighted by atomic mass is 19.4. The van der Waals surface area contributed by atoms with Crippen LogP contribution in [0.1, 0.15) is 23.9 Å². The number of anilines is 1. The van der Waals surface area contributed by atoms with Crippen molar-refractivity contribution in [1.82, 2.24) is 25.0 Å². The lowest BCUT2D eigenvalue weighted by Crippen LogP contribution is -2.42. The Kier molecular flexibility index (Phi) is 4.20. The van der Waals surface area contributed by atoms with Crippen LogP contribution in [0.2, 0.25) is 0 Å². The van der Waals surface area contributed by atoms with Crippen LogP contribution in [0, 0.1) is 6.92 Å². The number of aromatic nitrogens is 5. The van der Waals surface area contributed by atoms with Crippen molar-refractivity contribution < 1.29 is 18.3 Å². The van der Waals surface area contributed by atoms with Gasteiger partial charge in [0.15, 0.2) is 0 Å². The molecule has 2 aromatic heterocycles. The predicted octanol–water partition coefficient (Wildman–Crippen LogP) is 3.18. The summed E-state index contributed by atoms with van der Waals surface area (Å²) in [6, 6.07) is 4.78. The number of fused-ring (bicyclic) bond motifs is 1. The Morgan fingerprint density at radius 1 is 1.18 bits per heavy atom. The summed E-state index contributed by atoms with van der Waals surface area (Å²) in [5.41, 5.74) is 0.962. The minimum atomic E-state index is -4.53. The molecule has 7 nitrogen and oxygen atoms in total. The molecular weight excluding hydrogens is 373 g/mol. The van der Waals surface area contributed by atoms with Gasteiger partial charge in [-0.15, -0.1) is 10.2 Å². The van der Waals surface area contributed by atoms with Gasteiger partial charge in [-0.05, 0) is 38.1 Å². The number of aryl methyl sites for hydroxylation is 1. The normalized spacial score (nSPS) is 16.9. The molecule has 0 unspecified atom stereocenters. The van der Waals surface area contributed by atoms with E-state index >= 15 is 0 Å². The number of halogens is 3. The summed E-state index contributed by atoms with van der Waals surface area (Å²) in [6.45, 7) is 4.97. The number of alkyl halides is 3. The summed E-state index contributed by atoms with van der Waals surface area (Å²) in [7, 11) is 0. The molecule has 1 aliphatic heterocycles. The van der Waals surface area contributed by atoms with Crippen LogP contribution in [0.4, 0.5) is 19.1 Å². The Bertz CT molecular complexity index is 1030. The number of aromatic hydroxyl groups is 1. The van der Waals surface area contributed by atoms with Gasteiger partial charge in [0.1, 0.15) is 11.4 Å². The van der Waals surface area contributed by atoms with Crippen molar-refractivity contribution in [3.63, 3.8) is 0 Å². The van der Waals surface area contributed by atoms with E-state index < -0.39 is 17.5 Å². The number of phenolic OH excluding ortho intramolecular Hbond substituents is 1. The Hall–Kier alpha value is -3.17. The van der Waals surface area contributed by atoms with E-state index in [1.165, 1.54) is 6.07 Å². The second-order valence-corrected chi connectivity index (χ2v) is 6.76. The van der Waals surface area contributed by atoms with Gasteiger partial charge in [-0.25, -0.2) is 4.98 Å². The third kappa shape index (κ3) is 3.14. The van der Waals surface area contributed by atoms with E-state index in [0.717, 1.165) is 11.8 Å². The predicted molar refractivity (Wildman–Crippen MR) is 94.5 cm³/mol. The summed E-state index contributed by atoms with van der Waals surface area (Å²) in [4.78, 5) is 6.48. The largest absolute Gasteiger partial charge is 0.507 e. The molecule has 0 aliphatic carbocycles. The van der Waals surface area contributed by atoms with Crippen molar-refractivity contribution >= 4 is 5.95 Å². The molecular formula is C18H17F3N6O. The molecule has 1 N–H and O–H groups in total. The minimum Gasteiger partial charge on any atom is -0.507 e. The first-order valence-corrected chi connectivity index (χ1v) is 8.63. The van der Waals surface area contributed by atoms with Gasteiger partial charge in [0.05, 0.1) is 30.0 Å². The van der Waals surface area contributed by atoms with E-state index in [1.54, 1.807) is 13.1 Å². The first kappa shape index (κ1) is 18.2. The molecule has 0 saturated carbocycles. The van der Waals surface area contributed by atoms with Crippen molar-refractivity contribution in [2.75, 3.05) is 4.90 Å². The molecule has 0 bridgehead atoms. The lowest BCUT2D eigenvalue weighted by Gasteiger charge is -2.33. The van der Waals surface area contributed by atoms with Crippen LogP contribution in [0.3, 0.4) is 0 Å². The van der Waals surface area contributed by atoms with E-state index in [4.69, 9.17) is 0 Å². The first-order chi connectivity index (χ1) is 13.2. The van der Waals surface area contributed by atoms with Gasteiger partial charge < -0.3 is 10.0 Å². The number of hydrogen-bond acceptors (Lipinski definition) is 6. The van der Waals surface area contributed by atoms with Gasteiger partial charge in [-0.2, -0.15) is 18.3 Å². The molecule has 4 rings (SSSR count). The molecule has 1 aromatic carbocycles. The lowest BCUT2D eigenvalue weighted by molar-refractivity contribution is -0.137. The van der Waals surface area contributed by atoms with Gasteiger partial charge in [0.25, 0.3) is 0 Å². The Labute approximate surface area is 158 Å². The van der Waals surface area contributed by atoms with Crippen LogP contribution in [0.5, 0.6) is 5.75 Å². The number of nitrogens with zero attached hydrogens (tertiary/aromatic N) is 6. The SMILES string of the molecule is Cc1nc(N2Cc3ccnn3C[C@H]2C)nnc1-c1ccc(C(F)(F)F)cc1O. The Balaban J connectivity index is 1.66. The average Bonchev–Trinajstić information content (AvgIpc) is 3.07. The zero-order valence-corrected chi connectivity index (χ0v) is 15.1. The maximum atomic E-state index is 12.8. The third-order valence-corrected chi connectivity index (χ3v) is 4.79. The smallest absolute Gasteiger partial charge is 0.416 e. The van der Waals surface area contributed by atoms with Crippen LogP contribution in [-0.4, -0.2) is 36.1 Å². The number of phenols is 1. The van der Waals surface area contributed by atoms with E-state index in [0.29, 0.717) is 30.8 Å². The second-order valence-electron chi connectivity index (χ2n) is 6.76. The van der Waals surface area contributed by atoms with Crippen LogP contribution in [0.25, 0.3) is 11.3 Å². The quantitative estimate of drug-likeness (QED) is 0.724. The van der Waals surface area contributed by atoms with Crippen molar-refractivity contribution in [1.29, 1.82) is 0 Å². The minimum absolute atomic E-state index is 0.0962. The van der Waals surface area contributed by atoms with Crippen molar-refractivity contribution in [2.24, 2.45) is 0 Å². The maximum absolute atomic E-state index is 12.8. The van der Waals surface area contributed by atoms with E-state index in [9.17, 15) is 18.3 Å². The van der Waals surface area contributed by atoms with Gasteiger partial charge in [0, 0.05) is 17.8 Å². The van der Waals surface area contributed by atoms with Gasteiger partial charge >= 0.3 is 6.18 Å². The average molecular weight is 390 g/mol. The standard InChI is InChI=1S/C18H17F3N6O/c1-10-8-27-13(5-6-22-27)9-26(10)17-23-11(2)16(24-25-17)14-4-3-12(7-15(14)28)18(19,20)21/h3-7,10,28H,8-9H2,1-2H3/t10-/m1/s1.